The summed E-state index contributed by atoms with van der Waals surface area (Å²) in [5.74, 6) is 2.46. The van der Waals surface area contributed by atoms with Gasteiger partial charge in [0, 0.05) is 44.1 Å². The molecule has 3 heterocycles. The number of hydrogen-bond acceptors (Lipinski definition) is 5. The molecule has 1 aliphatic heterocycles. The molecule has 1 aromatic carbocycles. The number of carbonyl (C=O) groups excluding carboxylic acids is 1. The van der Waals surface area contributed by atoms with Crippen molar-refractivity contribution in [2.75, 3.05) is 37.7 Å². The lowest BCUT2D eigenvalue weighted by Gasteiger charge is -2.35. The van der Waals surface area contributed by atoms with Crippen LogP contribution in [0.2, 0.25) is 0 Å². The van der Waals surface area contributed by atoms with E-state index in [9.17, 15) is 4.79 Å². The van der Waals surface area contributed by atoms with E-state index in [1.807, 2.05) is 77.3 Å². The first-order chi connectivity index (χ1) is 13.7. The van der Waals surface area contributed by atoms with Gasteiger partial charge in [0.2, 0.25) is 0 Å². The van der Waals surface area contributed by atoms with Gasteiger partial charge < -0.3 is 19.1 Å². The van der Waals surface area contributed by atoms with Crippen LogP contribution in [0.15, 0.2) is 60.9 Å². The Kier molecular flexibility index (Phi) is 5.23. The second-order valence-corrected chi connectivity index (χ2v) is 6.58. The van der Waals surface area contributed by atoms with Gasteiger partial charge in [-0.3, -0.25) is 4.79 Å². The number of hydrogen-bond donors (Lipinski definition) is 0. The maximum absolute atomic E-state index is 12.7. The number of benzene rings is 1. The molecule has 144 valence electrons. The normalized spacial score (nSPS) is 14.2. The summed E-state index contributed by atoms with van der Waals surface area (Å²) in [4.78, 5) is 16.8. The van der Waals surface area contributed by atoms with E-state index in [4.69, 9.17) is 4.74 Å². The zero-order chi connectivity index (χ0) is 19.3. The SMILES string of the molecule is CCOc1ccc(C(=O)N2CCN(c3ccc(-n4cccc4)nn3)CC2)cc1. The van der Waals surface area contributed by atoms with Crippen LogP contribution in [0, 0.1) is 0 Å². The van der Waals surface area contributed by atoms with Gasteiger partial charge in [0.05, 0.1) is 6.61 Å². The molecule has 0 aliphatic carbocycles. The molecule has 0 bridgehead atoms. The number of ether oxygens (including phenoxy) is 1. The minimum atomic E-state index is 0.0525. The largest absolute Gasteiger partial charge is 0.494 e. The third-order valence-corrected chi connectivity index (χ3v) is 4.81. The highest BCUT2D eigenvalue weighted by atomic mass is 16.5. The van der Waals surface area contributed by atoms with Crippen LogP contribution in [0.4, 0.5) is 5.82 Å². The van der Waals surface area contributed by atoms with E-state index < -0.39 is 0 Å². The molecule has 28 heavy (non-hydrogen) atoms. The quantitative estimate of drug-likeness (QED) is 0.684. The number of anilines is 1. The molecule has 7 heteroatoms. The van der Waals surface area contributed by atoms with Gasteiger partial charge in [0.25, 0.3) is 5.91 Å². The first kappa shape index (κ1) is 18.0. The van der Waals surface area contributed by atoms with Crippen molar-refractivity contribution < 1.29 is 9.53 Å². The molecule has 0 saturated carbocycles. The zero-order valence-electron chi connectivity index (χ0n) is 15.9. The lowest BCUT2D eigenvalue weighted by molar-refractivity contribution is 0.0746. The Balaban J connectivity index is 1.35. The van der Waals surface area contributed by atoms with Crippen LogP contribution >= 0.6 is 0 Å². The second kappa shape index (κ2) is 8.12. The Bertz CT molecular complexity index is 899. The lowest BCUT2D eigenvalue weighted by atomic mass is 10.1. The lowest BCUT2D eigenvalue weighted by Crippen LogP contribution is -2.49. The Morgan fingerprint density at radius 1 is 0.929 bits per heavy atom. The van der Waals surface area contributed by atoms with Gasteiger partial charge in [-0.2, -0.15) is 0 Å². The summed E-state index contributed by atoms with van der Waals surface area (Å²) in [7, 11) is 0. The van der Waals surface area contributed by atoms with Crippen LogP contribution < -0.4 is 9.64 Å². The summed E-state index contributed by atoms with van der Waals surface area (Å²) in [5, 5.41) is 8.65. The molecule has 1 saturated heterocycles. The Labute approximate surface area is 164 Å². The molecule has 3 aromatic rings. The summed E-state index contributed by atoms with van der Waals surface area (Å²) in [5.41, 5.74) is 0.688. The fraction of sp³-hybridized carbons (Fsp3) is 0.286. The number of piperazine rings is 1. The third kappa shape index (κ3) is 3.83. The van der Waals surface area contributed by atoms with Crippen molar-refractivity contribution in [3.05, 3.63) is 66.5 Å². The molecular formula is C21H23N5O2. The molecule has 0 atom stereocenters. The van der Waals surface area contributed by atoms with Gasteiger partial charge in [-0.15, -0.1) is 10.2 Å². The van der Waals surface area contributed by atoms with E-state index >= 15 is 0 Å². The standard InChI is InChI=1S/C21H23N5O2/c1-2-28-18-7-5-17(6-8-18)21(27)26-15-13-25(14-16-26)20-10-9-19(22-23-20)24-11-3-4-12-24/h3-12H,2,13-16H2,1H3. The van der Waals surface area contributed by atoms with Crippen LogP contribution in [-0.4, -0.2) is 58.4 Å². The molecule has 0 unspecified atom stereocenters. The Morgan fingerprint density at radius 3 is 2.18 bits per heavy atom. The van der Waals surface area contributed by atoms with E-state index in [-0.39, 0.29) is 5.91 Å². The fourth-order valence-electron chi connectivity index (χ4n) is 3.29. The Hall–Kier alpha value is -3.35. The number of carbonyl (C=O) groups is 1. The van der Waals surface area contributed by atoms with Crippen molar-refractivity contribution in [3.63, 3.8) is 0 Å². The predicted octanol–water partition coefficient (Wildman–Crippen LogP) is 2.63. The molecule has 0 spiro atoms. The van der Waals surface area contributed by atoms with Crippen LogP contribution in [0.5, 0.6) is 5.75 Å². The summed E-state index contributed by atoms with van der Waals surface area (Å²) in [6.45, 7) is 5.35. The van der Waals surface area contributed by atoms with Crippen molar-refractivity contribution in [1.82, 2.24) is 19.7 Å². The first-order valence-electron chi connectivity index (χ1n) is 9.49. The van der Waals surface area contributed by atoms with E-state index in [2.05, 4.69) is 15.1 Å². The second-order valence-electron chi connectivity index (χ2n) is 6.58. The highest BCUT2D eigenvalue weighted by Gasteiger charge is 2.23. The molecule has 2 aromatic heterocycles. The third-order valence-electron chi connectivity index (χ3n) is 4.81. The topological polar surface area (TPSA) is 63.5 Å². The van der Waals surface area contributed by atoms with Crippen molar-refractivity contribution in [1.29, 1.82) is 0 Å². The highest BCUT2D eigenvalue weighted by molar-refractivity contribution is 5.94. The van der Waals surface area contributed by atoms with E-state index in [1.54, 1.807) is 0 Å². The van der Waals surface area contributed by atoms with Crippen molar-refractivity contribution in [2.45, 2.75) is 6.92 Å². The van der Waals surface area contributed by atoms with Crippen molar-refractivity contribution in [3.8, 4) is 11.6 Å². The van der Waals surface area contributed by atoms with Gasteiger partial charge in [0.1, 0.15) is 5.75 Å². The average molecular weight is 377 g/mol. The van der Waals surface area contributed by atoms with Crippen LogP contribution in [0.3, 0.4) is 0 Å². The Morgan fingerprint density at radius 2 is 1.57 bits per heavy atom. The van der Waals surface area contributed by atoms with Crippen LogP contribution in [0.25, 0.3) is 5.82 Å². The van der Waals surface area contributed by atoms with E-state index in [0.29, 0.717) is 25.3 Å². The minimum Gasteiger partial charge on any atom is -0.494 e. The summed E-state index contributed by atoms with van der Waals surface area (Å²) in [6, 6.07) is 15.2. The van der Waals surface area contributed by atoms with Crippen molar-refractivity contribution in [2.24, 2.45) is 0 Å². The molecule has 1 amide bonds. The van der Waals surface area contributed by atoms with Gasteiger partial charge in [-0.1, -0.05) is 0 Å². The number of aromatic nitrogens is 3. The van der Waals surface area contributed by atoms with E-state index in [0.717, 1.165) is 30.5 Å². The average Bonchev–Trinajstić information content (AvgIpc) is 3.29. The molecule has 7 nitrogen and oxygen atoms in total. The van der Waals surface area contributed by atoms with Gasteiger partial charge in [-0.05, 0) is 55.5 Å². The van der Waals surface area contributed by atoms with Gasteiger partial charge in [-0.25, -0.2) is 0 Å². The summed E-state index contributed by atoms with van der Waals surface area (Å²) >= 11 is 0. The zero-order valence-corrected chi connectivity index (χ0v) is 15.9. The molecule has 0 radical (unpaired) electrons. The van der Waals surface area contributed by atoms with Crippen LogP contribution in [-0.2, 0) is 0 Å². The highest BCUT2D eigenvalue weighted by Crippen LogP contribution is 2.17. The number of nitrogens with zero attached hydrogens (tertiary/aromatic N) is 5. The fourth-order valence-corrected chi connectivity index (χ4v) is 3.29. The molecule has 4 rings (SSSR count). The molecular weight excluding hydrogens is 354 g/mol. The first-order valence-corrected chi connectivity index (χ1v) is 9.49. The summed E-state index contributed by atoms with van der Waals surface area (Å²) < 4.78 is 7.36. The monoisotopic (exact) mass is 377 g/mol. The number of amides is 1. The van der Waals surface area contributed by atoms with Gasteiger partial charge in [0.15, 0.2) is 11.6 Å². The minimum absolute atomic E-state index is 0.0525. The maximum Gasteiger partial charge on any atom is 0.253 e. The number of rotatable bonds is 5. The van der Waals surface area contributed by atoms with Crippen molar-refractivity contribution >= 4 is 11.7 Å². The predicted molar refractivity (Wildman–Crippen MR) is 107 cm³/mol. The summed E-state index contributed by atoms with van der Waals surface area (Å²) in [6.07, 6.45) is 3.88. The van der Waals surface area contributed by atoms with Gasteiger partial charge >= 0.3 is 0 Å². The maximum atomic E-state index is 12.7. The molecule has 1 fully saturated rings. The van der Waals surface area contributed by atoms with E-state index in [1.165, 1.54) is 0 Å². The smallest absolute Gasteiger partial charge is 0.253 e. The molecule has 1 aliphatic rings. The van der Waals surface area contributed by atoms with Crippen LogP contribution in [0.1, 0.15) is 17.3 Å². The molecule has 0 N–H and O–H groups in total.